The molecule has 11 atom stereocenters. The monoisotopic (exact) mass is 814 g/mol. The van der Waals surface area contributed by atoms with Crippen LogP contribution in [0.4, 0.5) is 4.79 Å². The standard InChI is InChI=1S/C42H75N11O5/c1-30(13-9-19-46-18-7-8-20-47-39(54)58-40(2,3)4)33-14-15-34-38-35(29-37(42(33,34)6)57-26-12-23-50-53-45)41(5)17-16-32(55-24-10-21-48-51-43)27-31(41)28-36(38)56-25-11-22-49-52-44/h30-38,46H,7-29H2,1-6H3,(H,47,54)/t30-,31+,32-,33?,34+,35+,36-,37+,38+,41+,42-/m1/s1. The van der Waals surface area contributed by atoms with Gasteiger partial charge in [-0.15, -0.1) is 0 Å². The maximum absolute atomic E-state index is 11.9. The minimum absolute atomic E-state index is 0.00419. The molecule has 0 spiro atoms. The van der Waals surface area contributed by atoms with Gasteiger partial charge in [-0.2, -0.15) is 0 Å². The highest BCUT2D eigenvalue weighted by molar-refractivity contribution is 5.67. The Morgan fingerprint density at radius 1 is 0.776 bits per heavy atom. The Kier molecular flexibility index (Phi) is 19.5. The van der Waals surface area contributed by atoms with Gasteiger partial charge in [0.05, 0.1) is 18.3 Å². The number of rotatable bonds is 25. The molecule has 0 saturated heterocycles. The first-order chi connectivity index (χ1) is 27.9. The number of nitrogens with one attached hydrogen (secondary N) is 2. The Hall–Kier alpha value is -2.96. The van der Waals surface area contributed by atoms with Crippen LogP contribution in [0.25, 0.3) is 31.3 Å². The Bertz CT molecular complexity index is 1410. The van der Waals surface area contributed by atoms with Gasteiger partial charge in [0, 0.05) is 66.1 Å². The number of hydrogen-bond donors (Lipinski definition) is 2. The summed E-state index contributed by atoms with van der Waals surface area (Å²) in [5.41, 5.74) is 26.1. The van der Waals surface area contributed by atoms with Crippen LogP contribution in [0.5, 0.6) is 0 Å². The normalized spacial score (nSPS) is 32.0. The van der Waals surface area contributed by atoms with Crippen LogP contribution in [0.15, 0.2) is 15.3 Å². The van der Waals surface area contributed by atoms with Crippen LogP contribution in [0.2, 0.25) is 0 Å². The molecule has 0 aliphatic heterocycles. The lowest BCUT2D eigenvalue weighted by molar-refractivity contribution is -0.227. The predicted octanol–water partition coefficient (Wildman–Crippen LogP) is 10.4. The lowest BCUT2D eigenvalue weighted by atomic mass is 9.43. The summed E-state index contributed by atoms with van der Waals surface area (Å²) in [7, 11) is 0. The van der Waals surface area contributed by atoms with Gasteiger partial charge in [0.25, 0.3) is 0 Å². The molecule has 58 heavy (non-hydrogen) atoms. The zero-order valence-corrected chi connectivity index (χ0v) is 36.5. The molecule has 0 aromatic carbocycles. The minimum Gasteiger partial charge on any atom is -0.444 e. The van der Waals surface area contributed by atoms with E-state index in [1.165, 1.54) is 12.8 Å². The topological polar surface area (TPSA) is 224 Å². The molecule has 4 fully saturated rings. The van der Waals surface area contributed by atoms with E-state index in [0.29, 0.717) is 94.3 Å². The van der Waals surface area contributed by atoms with Gasteiger partial charge < -0.3 is 29.6 Å². The average molecular weight is 814 g/mol. The van der Waals surface area contributed by atoms with E-state index in [1.54, 1.807) is 0 Å². The Labute approximate surface area is 347 Å². The summed E-state index contributed by atoms with van der Waals surface area (Å²) in [6, 6.07) is 0. The highest BCUT2D eigenvalue weighted by Crippen LogP contribution is 2.69. The molecule has 328 valence electrons. The third kappa shape index (κ3) is 13.3. The molecule has 16 nitrogen and oxygen atoms in total. The number of unbranched alkanes of at least 4 members (excludes halogenated alkanes) is 1. The summed E-state index contributed by atoms with van der Waals surface area (Å²) < 4.78 is 25.7. The van der Waals surface area contributed by atoms with Gasteiger partial charge in [0.1, 0.15) is 5.60 Å². The third-order valence-electron chi connectivity index (χ3n) is 14.3. The summed E-state index contributed by atoms with van der Waals surface area (Å²) in [4.78, 5) is 20.7. The molecule has 1 unspecified atom stereocenters. The van der Waals surface area contributed by atoms with Gasteiger partial charge in [-0.25, -0.2) is 4.79 Å². The number of azide groups is 3. The fraction of sp³-hybridized carbons (Fsp3) is 0.976. The Morgan fingerprint density at radius 3 is 2.05 bits per heavy atom. The molecular formula is C42H75N11O5. The van der Waals surface area contributed by atoms with Gasteiger partial charge in [0.2, 0.25) is 0 Å². The van der Waals surface area contributed by atoms with E-state index in [-0.39, 0.29) is 35.2 Å². The van der Waals surface area contributed by atoms with E-state index >= 15 is 0 Å². The highest BCUT2D eigenvalue weighted by atomic mass is 16.6. The van der Waals surface area contributed by atoms with E-state index in [0.717, 1.165) is 77.3 Å². The van der Waals surface area contributed by atoms with Crippen molar-refractivity contribution < 1.29 is 23.7 Å². The van der Waals surface area contributed by atoms with E-state index in [9.17, 15) is 4.79 Å². The molecule has 0 aromatic rings. The average Bonchev–Trinajstić information content (AvgIpc) is 3.54. The second kappa shape index (κ2) is 23.7. The van der Waals surface area contributed by atoms with Crippen LogP contribution in [-0.4, -0.2) is 89.1 Å². The molecule has 0 bridgehead atoms. The summed E-state index contributed by atoms with van der Waals surface area (Å²) in [5, 5.41) is 17.7. The fourth-order valence-corrected chi connectivity index (χ4v) is 11.6. The maximum atomic E-state index is 11.9. The van der Waals surface area contributed by atoms with Crippen LogP contribution in [-0.2, 0) is 18.9 Å². The fourth-order valence-electron chi connectivity index (χ4n) is 11.6. The summed E-state index contributed by atoms with van der Waals surface area (Å²) >= 11 is 0. The van der Waals surface area contributed by atoms with Crippen LogP contribution < -0.4 is 10.6 Å². The Balaban J connectivity index is 1.44. The van der Waals surface area contributed by atoms with Gasteiger partial charge in [-0.3, -0.25) is 0 Å². The van der Waals surface area contributed by atoms with Crippen molar-refractivity contribution in [3.63, 3.8) is 0 Å². The van der Waals surface area contributed by atoms with Gasteiger partial charge in [0.15, 0.2) is 0 Å². The SMILES string of the molecule is C[C@H](CCCNCCCCNC(=O)OC(C)(C)C)C1CC[C@H]2[C@@H]3[C@H](OCCCN=[N+]=[N-])C[C@@H]4C[C@H](OCCCN=[N+]=[N-])CC[C@]4(C)[C@H]3C[C@H](OCCCN=[N+]=[N-])[C@]12C. The quantitative estimate of drug-likeness (QED) is 0.0394. The molecule has 4 rings (SSSR count). The molecule has 0 aromatic heterocycles. The van der Waals surface area contributed by atoms with Crippen molar-refractivity contribution in [2.24, 2.45) is 61.7 Å². The van der Waals surface area contributed by atoms with Crippen molar-refractivity contribution in [2.75, 3.05) is 59.1 Å². The lowest BCUT2D eigenvalue weighted by Gasteiger charge is -2.65. The third-order valence-corrected chi connectivity index (χ3v) is 14.3. The number of carbonyl (C=O) groups excluding carboxylic acids is 1. The van der Waals surface area contributed by atoms with Gasteiger partial charge in [-0.05, 0) is 181 Å². The van der Waals surface area contributed by atoms with Crippen LogP contribution >= 0.6 is 0 Å². The largest absolute Gasteiger partial charge is 0.444 e. The summed E-state index contributed by atoms with van der Waals surface area (Å²) in [6.07, 6.45) is 14.0. The molecule has 0 radical (unpaired) electrons. The molecule has 4 aliphatic rings. The zero-order chi connectivity index (χ0) is 42.0. The van der Waals surface area contributed by atoms with Crippen molar-refractivity contribution in [2.45, 2.75) is 155 Å². The predicted molar refractivity (Wildman–Crippen MR) is 226 cm³/mol. The number of alkyl carbamates (subject to hydrolysis) is 1. The van der Waals surface area contributed by atoms with E-state index in [1.807, 2.05) is 20.8 Å². The first-order valence-corrected chi connectivity index (χ1v) is 22.4. The Morgan fingerprint density at radius 2 is 1.40 bits per heavy atom. The zero-order valence-electron chi connectivity index (χ0n) is 36.5. The molecule has 1 amide bonds. The van der Waals surface area contributed by atoms with E-state index in [4.69, 9.17) is 35.5 Å². The van der Waals surface area contributed by atoms with Crippen molar-refractivity contribution in [3.05, 3.63) is 31.3 Å². The van der Waals surface area contributed by atoms with Gasteiger partial charge in [-0.1, -0.05) is 36.1 Å². The number of nitrogens with zero attached hydrogens (tertiary/aromatic N) is 9. The van der Waals surface area contributed by atoms with Crippen molar-refractivity contribution in [3.8, 4) is 0 Å². The van der Waals surface area contributed by atoms with E-state index in [2.05, 4.69) is 61.5 Å². The van der Waals surface area contributed by atoms with Crippen molar-refractivity contribution in [1.82, 2.24) is 10.6 Å². The molecule has 0 heterocycles. The smallest absolute Gasteiger partial charge is 0.407 e. The first-order valence-electron chi connectivity index (χ1n) is 22.4. The number of fused-ring (bicyclic) bond motifs is 5. The second-order valence-electron chi connectivity index (χ2n) is 19.0. The minimum atomic E-state index is -0.487. The summed E-state index contributed by atoms with van der Waals surface area (Å²) in [5.74, 6) is 2.90. The summed E-state index contributed by atoms with van der Waals surface area (Å²) in [6.45, 7) is 18.8. The van der Waals surface area contributed by atoms with Crippen LogP contribution in [0.1, 0.15) is 131 Å². The van der Waals surface area contributed by atoms with Crippen molar-refractivity contribution in [1.29, 1.82) is 0 Å². The molecule has 16 heteroatoms. The van der Waals surface area contributed by atoms with Crippen LogP contribution in [0.3, 0.4) is 0 Å². The highest BCUT2D eigenvalue weighted by Gasteiger charge is 2.66. The van der Waals surface area contributed by atoms with Crippen LogP contribution in [0, 0.1) is 46.3 Å². The molecular weight excluding hydrogens is 739 g/mol. The lowest BCUT2D eigenvalue weighted by Crippen LogP contribution is -2.63. The number of ether oxygens (including phenoxy) is 4. The van der Waals surface area contributed by atoms with Crippen molar-refractivity contribution >= 4 is 6.09 Å². The van der Waals surface area contributed by atoms with Gasteiger partial charge >= 0.3 is 6.09 Å². The second-order valence-corrected chi connectivity index (χ2v) is 19.0. The first kappa shape index (κ1) is 47.7. The number of carbonyl (C=O) groups is 1. The molecule has 4 saturated carbocycles. The number of amides is 1. The maximum Gasteiger partial charge on any atom is 0.407 e. The molecule has 4 aliphatic carbocycles. The number of hydrogen-bond acceptors (Lipinski definition) is 9. The van der Waals surface area contributed by atoms with E-state index < -0.39 is 5.60 Å². The molecule has 2 N–H and O–H groups in total.